The zero-order chi connectivity index (χ0) is 26.8. The highest BCUT2D eigenvalue weighted by molar-refractivity contribution is 7.09. The minimum Gasteiger partial charge on any atom is -0.377 e. The number of aryl methyl sites for hydroxylation is 1. The molecule has 4 heterocycles. The lowest BCUT2D eigenvalue weighted by Gasteiger charge is -2.32. The van der Waals surface area contributed by atoms with E-state index in [1.807, 2.05) is 31.2 Å². The van der Waals surface area contributed by atoms with Gasteiger partial charge in [-0.2, -0.15) is 0 Å². The van der Waals surface area contributed by atoms with Crippen LogP contribution in [-0.2, 0) is 17.8 Å². The Bertz CT molecular complexity index is 1610. The van der Waals surface area contributed by atoms with E-state index in [1.54, 1.807) is 28.2 Å². The number of halogens is 1. The maximum Gasteiger partial charge on any atom is 0.253 e. The molecule has 0 spiro atoms. The van der Waals surface area contributed by atoms with E-state index in [1.165, 1.54) is 17.0 Å². The quantitative estimate of drug-likeness (QED) is 0.286. The predicted octanol–water partition coefficient (Wildman–Crippen LogP) is 4.84. The first kappa shape index (κ1) is 25.5. The van der Waals surface area contributed by atoms with Gasteiger partial charge in [-0.05, 0) is 82.9 Å². The number of benzene rings is 2. The molecular weight excluding hydrogens is 515 g/mol. The number of rotatable bonds is 9. The molecule has 3 aromatic heterocycles. The number of aromatic nitrogens is 5. The first-order valence-electron chi connectivity index (χ1n) is 13.1. The Morgan fingerprint density at radius 3 is 2.85 bits per heavy atom. The van der Waals surface area contributed by atoms with Gasteiger partial charge in [0.15, 0.2) is 5.82 Å². The number of hydrogen-bond donors (Lipinski definition) is 1. The topological polar surface area (TPSA) is 88.9 Å². The third kappa shape index (κ3) is 5.68. The van der Waals surface area contributed by atoms with Gasteiger partial charge in [0, 0.05) is 35.7 Å². The van der Waals surface area contributed by atoms with E-state index in [2.05, 4.69) is 42.9 Å². The number of fused-ring (bicyclic) bond motifs is 1. The van der Waals surface area contributed by atoms with Crippen LogP contribution in [0.3, 0.4) is 0 Å². The molecule has 1 aliphatic rings. The van der Waals surface area contributed by atoms with Gasteiger partial charge in [-0.3, -0.25) is 9.69 Å². The summed E-state index contributed by atoms with van der Waals surface area (Å²) >= 11 is 1.67. The first-order chi connectivity index (χ1) is 19.0. The second-order valence-corrected chi connectivity index (χ2v) is 11.0. The minimum absolute atomic E-state index is 0.0515. The number of H-pyrrole nitrogens is 1. The number of ether oxygens (including phenoxy) is 1. The van der Waals surface area contributed by atoms with E-state index in [0.717, 1.165) is 41.5 Å². The van der Waals surface area contributed by atoms with Gasteiger partial charge >= 0.3 is 0 Å². The SMILES string of the molecule is Cc1ccc2[nH]c(=O)c([C@@H](c3nnnn3Cc3ccc(F)cc3)N(Cc3cccs3)C[C@@H]3CCCO3)cc2c1. The van der Waals surface area contributed by atoms with E-state index in [9.17, 15) is 9.18 Å². The van der Waals surface area contributed by atoms with E-state index in [-0.39, 0.29) is 17.5 Å². The summed E-state index contributed by atoms with van der Waals surface area (Å²) in [5, 5.41) is 15.8. The van der Waals surface area contributed by atoms with Gasteiger partial charge in [0.2, 0.25) is 0 Å². The smallest absolute Gasteiger partial charge is 0.253 e. The molecule has 0 unspecified atom stereocenters. The van der Waals surface area contributed by atoms with Crippen molar-refractivity contribution in [3.05, 3.63) is 110 Å². The van der Waals surface area contributed by atoms with E-state index >= 15 is 0 Å². The summed E-state index contributed by atoms with van der Waals surface area (Å²) in [5.41, 5.74) is 3.13. The number of hydrogen-bond acceptors (Lipinski definition) is 7. The second kappa shape index (κ2) is 11.2. The number of aromatic amines is 1. The van der Waals surface area contributed by atoms with Crippen molar-refractivity contribution < 1.29 is 9.13 Å². The molecule has 0 bridgehead atoms. The maximum absolute atomic E-state index is 13.7. The van der Waals surface area contributed by atoms with E-state index in [0.29, 0.717) is 31.0 Å². The normalized spacial score (nSPS) is 16.3. The lowest BCUT2D eigenvalue weighted by Crippen LogP contribution is -2.39. The summed E-state index contributed by atoms with van der Waals surface area (Å²) in [5.74, 6) is 0.247. The molecule has 10 heteroatoms. The fourth-order valence-electron chi connectivity index (χ4n) is 5.24. The number of thiophene rings is 1. The fourth-order valence-corrected chi connectivity index (χ4v) is 5.97. The van der Waals surface area contributed by atoms with Gasteiger partial charge in [0.05, 0.1) is 12.6 Å². The fraction of sp³-hybridized carbons (Fsp3) is 0.310. The van der Waals surface area contributed by atoms with Crippen molar-refractivity contribution >= 4 is 22.2 Å². The van der Waals surface area contributed by atoms with Crippen LogP contribution in [0.4, 0.5) is 4.39 Å². The average molecular weight is 545 g/mol. The van der Waals surface area contributed by atoms with Gasteiger partial charge in [0.25, 0.3) is 5.56 Å². The third-order valence-electron chi connectivity index (χ3n) is 7.14. The van der Waals surface area contributed by atoms with Gasteiger partial charge in [-0.1, -0.05) is 29.8 Å². The molecule has 1 saturated heterocycles. The number of nitrogens with zero attached hydrogens (tertiary/aromatic N) is 5. The third-order valence-corrected chi connectivity index (χ3v) is 8.00. The Kier molecular flexibility index (Phi) is 7.32. The van der Waals surface area contributed by atoms with Crippen LogP contribution < -0.4 is 5.56 Å². The van der Waals surface area contributed by atoms with Crippen molar-refractivity contribution in [3.63, 3.8) is 0 Å². The zero-order valence-electron chi connectivity index (χ0n) is 21.6. The van der Waals surface area contributed by atoms with Gasteiger partial charge < -0.3 is 9.72 Å². The Morgan fingerprint density at radius 1 is 1.21 bits per heavy atom. The monoisotopic (exact) mass is 544 g/mol. The molecule has 1 aliphatic heterocycles. The molecule has 39 heavy (non-hydrogen) atoms. The molecule has 8 nitrogen and oxygen atoms in total. The summed E-state index contributed by atoms with van der Waals surface area (Å²) < 4.78 is 21.3. The molecule has 0 saturated carbocycles. The minimum atomic E-state index is -0.541. The largest absolute Gasteiger partial charge is 0.377 e. The lowest BCUT2D eigenvalue weighted by atomic mass is 10.0. The van der Waals surface area contributed by atoms with Crippen molar-refractivity contribution in [1.29, 1.82) is 0 Å². The zero-order valence-corrected chi connectivity index (χ0v) is 22.4. The molecular formula is C29H29FN6O2S. The summed E-state index contributed by atoms with van der Waals surface area (Å²) in [6, 6.07) is 17.8. The lowest BCUT2D eigenvalue weighted by molar-refractivity contribution is 0.0578. The molecule has 6 rings (SSSR count). The van der Waals surface area contributed by atoms with Crippen molar-refractivity contribution in [2.45, 2.75) is 45.0 Å². The molecule has 0 radical (unpaired) electrons. The van der Waals surface area contributed by atoms with Crippen LogP contribution in [0, 0.1) is 12.7 Å². The van der Waals surface area contributed by atoms with Gasteiger partial charge in [-0.15, -0.1) is 16.4 Å². The van der Waals surface area contributed by atoms with E-state index in [4.69, 9.17) is 4.74 Å². The Morgan fingerprint density at radius 2 is 2.08 bits per heavy atom. The maximum atomic E-state index is 13.7. The van der Waals surface area contributed by atoms with Gasteiger partial charge in [0.1, 0.15) is 11.9 Å². The van der Waals surface area contributed by atoms with Crippen LogP contribution in [-0.4, -0.2) is 49.3 Å². The summed E-state index contributed by atoms with van der Waals surface area (Å²) in [4.78, 5) is 20.2. The van der Waals surface area contributed by atoms with Crippen molar-refractivity contribution in [2.24, 2.45) is 0 Å². The number of nitrogens with one attached hydrogen (secondary N) is 1. The summed E-state index contributed by atoms with van der Waals surface area (Å²) in [7, 11) is 0. The second-order valence-electron chi connectivity index (χ2n) is 10.0. The molecule has 1 N–H and O–H groups in total. The molecule has 5 aromatic rings. The van der Waals surface area contributed by atoms with Crippen LogP contribution in [0.2, 0.25) is 0 Å². The van der Waals surface area contributed by atoms with E-state index < -0.39 is 6.04 Å². The average Bonchev–Trinajstić information content (AvgIpc) is 3.71. The molecule has 1 fully saturated rings. The Hall–Kier alpha value is -3.73. The Labute approximate surface area is 229 Å². The molecule has 2 atom stereocenters. The number of pyridine rings is 1. The highest BCUT2D eigenvalue weighted by Crippen LogP contribution is 2.31. The summed E-state index contributed by atoms with van der Waals surface area (Å²) in [6.45, 7) is 4.34. The first-order valence-corrected chi connectivity index (χ1v) is 13.9. The molecule has 0 aliphatic carbocycles. The standard InChI is InChI=1S/C29H29FN6O2S/c1-19-6-11-26-21(14-19)15-25(29(37)31-26)27(28-32-33-34-36(28)16-20-7-9-22(30)10-8-20)35(17-23-4-2-12-38-23)18-24-5-3-13-39-24/h3,5-11,13-15,23,27H,2,4,12,16-18H2,1H3,(H,31,37)/t23-,27-/m0/s1. The predicted molar refractivity (Wildman–Crippen MR) is 148 cm³/mol. The van der Waals surface area contributed by atoms with Crippen LogP contribution in [0.15, 0.2) is 70.8 Å². The molecule has 200 valence electrons. The molecule has 0 amide bonds. The highest BCUT2D eigenvalue weighted by Gasteiger charge is 2.33. The Balaban J connectivity index is 1.49. The van der Waals surface area contributed by atoms with Gasteiger partial charge in [-0.25, -0.2) is 9.07 Å². The molecule has 2 aromatic carbocycles. The van der Waals surface area contributed by atoms with Crippen LogP contribution in [0.5, 0.6) is 0 Å². The highest BCUT2D eigenvalue weighted by atomic mass is 32.1. The van der Waals surface area contributed by atoms with Crippen LogP contribution in [0.25, 0.3) is 10.9 Å². The summed E-state index contributed by atoms with van der Waals surface area (Å²) in [6.07, 6.45) is 2.03. The van der Waals surface area contributed by atoms with Crippen molar-refractivity contribution in [3.8, 4) is 0 Å². The van der Waals surface area contributed by atoms with Crippen LogP contribution in [0.1, 0.15) is 46.3 Å². The van der Waals surface area contributed by atoms with Crippen molar-refractivity contribution in [1.82, 2.24) is 30.1 Å². The van der Waals surface area contributed by atoms with Crippen LogP contribution >= 0.6 is 11.3 Å². The van der Waals surface area contributed by atoms with Crippen molar-refractivity contribution in [2.75, 3.05) is 13.2 Å². The number of tetrazole rings is 1.